The lowest BCUT2D eigenvalue weighted by atomic mass is 10.2. The van der Waals surface area contributed by atoms with Crippen LogP contribution in [-0.2, 0) is 14.3 Å². The second-order valence-electron chi connectivity index (χ2n) is 2.77. The second kappa shape index (κ2) is 3.53. The lowest BCUT2D eigenvalue weighted by Crippen LogP contribution is -2.29. The Morgan fingerprint density at radius 2 is 2.25 bits per heavy atom. The van der Waals surface area contributed by atoms with Crippen LogP contribution in [0, 0.1) is 0 Å². The first-order chi connectivity index (χ1) is 5.59. The Bertz CT molecular complexity index is 204. The number of carbonyl (C=O) groups is 2. The molecule has 5 heteroatoms. The van der Waals surface area contributed by atoms with E-state index in [9.17, 15) is 9.59 Å². The fourth-order valence-corrected chi connectivity index (χ4v) is 1.22. The highest BCUT2D eigenvalue weighted by atomic mass is 16.5. The molecule has 1 unspecified atom stereocenters. The maximum Gasteiger partial charge on any atom is 0.320 e. The van der Waals surface area contributed by atoms with Crippen LogP contribution in [0.4, 0.5) is 0 Å². The van der Waals surface area contributed by atoms with Crippen LogP contribution in [0.25, 0.3) is 0 Å². The van der Waals surface area contributed by atoms with Gasteiger partial charge in [0.05, 0.1) is 0 Å². The van der Waals surface area contributed by atoms with Gasteiger partial charge in [-0.25, -0.2) is 0 Å². The maximum absolute atomic E-state index is 10.5. The predicted octanol–water partition coefficient (Wildman–Crippen LogP) is -0.635. The largest absolute Gasteiger partial charge is 0.480 e. The minimum Gasteiger partial charge on any atom is -0.480 e. The normalized spacial score (nSPS) is 28.4. The molecule has 0 aromatic carbocycles. The number of nitrogens with one attached hydrogen (secondary N) is 1. The summed E-state index contributed by atoms with van der Waals surface area (Å²) < 4.78 is 4.83. The van der Waals surface area contributed by atoms with Crippen LogP contribution >= 0.6 is 0 Å². The molecule has 5 nitrogen and oxygen atoms in total. The summed E-state index contributed by atoms with van der Waals surface area (Å²) in [4.78, 5) is 20.9. The van der Waals surface area contributed by atoms with Gasteiger partial charge in [-0.15, -0.1) is 0 Å². The molecule has 0 aliphatic carbocycles. The molecule has 2 N–H and O–H groups in total. The van der Waals surface area contributed by atoms with E-state index in [-0.39, 0.29) is 12.1 Å². The van der Waals surface area contributed by atoms with Gasteiger partial charge in [-0.05, 0) is 0 Å². The summed E-state index contributed by atoms with van der Waals surface area (Å²) in [5.41, 5.74) is 0. The Morgan fingerprint density at radius 3 is 2.67 bits per heavy atom. The Balaban J connectivity index is 2.35. The van der Waals surface area contributed by atoms with E-state index in [4.69, 9.17) is 9.84 Å². The van der Waals surface area contributed by atoms with Crippen molar-refractivity contribution in [2.24, 2.45) is 0 Å². The standard InChI is InChI=1S/C7H11NO4/c1-4(9)12-5-2-6(7(10)11)8-3-5/h5-6,8H,2-3H2,1H3,(H,10,11)/t5?,6-/m0/s1. The number of ether oxygens (including phenoxy) is 1. The number of rotatable bonds is 2. The van der Waals surface area contributed by atoms with Gasteiger partial charge in [-0.3, -0.25) is 9.59 Å². The summed E-state index contributed by atoms with van der Waals surface area (Å²) in [7, 11) is 0. The molecule has 0 aromatic heterocycles. The topological polar surface area (TPSA) is 75.6 Å². The van der Waals surface area contributed by atoms with Crippen LogP contribution in [0.3, 0.4) is 0 Å². The van der Waals surface area contributed by atoms with E-state index in [0.717, 1.165) is 0 Å². The van der Waals surface area contributed by atoms with Gasteiger partial charge >= 0.3 is 11.9 Å². The van der Waals surface area contributed by atoms with E-state index in [0.29, 0.717) is 13.0 Å². The molecule has 68 valence electrons. The predicted molar refractivity (Wildman–Crippen MR) is 39.6 cm³/mol. The molecule has 0 radical (unpaired) electrons. The molecule has 0 amide bonds. The Hall–Kier alpha value is -1.10. The van der Waals surface area contributed by atoms with Crippen LogP contribution in [0.5, 0.6) is 0 Å². The van der Waals surface area contributed by atoms with Gasteiger partial charge in [0, 0.05) is 19.9 Å². The highest BCUT2D eigenvalue weighted by molar-refractivity contribution is 5.74. The van der Waals surface area contributed by atoms with Gasteiger partial charge in [-0.2, -0.15) is 0 Å². The summed E-state index contributed by atoms with van der Waals surface area (Å²) >= 11 is 0. The van der Waals surface area contributed by atoms with E-state index < -0.39 is 12.0 Å². The zero-order valence-electron chi connectivity index (χ0n) is 6.74. The molecule has 1 aliphatic heterocycles. The molecule has 12 heavy (non-hydrogen) atoms. The summed E-state index contributed by atoms with van der Waals surface area (Å²) in [5.74, 6) is -1.27. The van der Waals surface area contributed by atoms with Crippen LogP contribution in [0.2, 0.25) is 0 Å². The van der Waals surface area contributed by atoms with Crippen molar-refractivity contribution in [1.82, 2.24) is 5.32 Å². The van der Waals surface area contributed by atoms with Gasteiger partial charge < -0.3 is 15.2 Å². The molecule has 1 rings (SSSR count). The second-order valence-corrected chi connectivity index (χ2v) is 2.77. The van der Waals surface area contributed by atoms with Crippen molar-refractivity contribution >= 4 is 11.9 Å². The fraction of sp³-hybridized carbons (Fsp3) is 0.714. The average molecular weight is 173 g/mol. The minimum atomic E-state index is -0.898. The summed E-state index contributed by atoms with van der Waals surface area (Å²) in [5, 5.41) is 11.3. The fourth-order valence-electron chi connectivity index (χ4n) is 1.22. The Labute approximate surface area is 69.7 Å². The van der Waals surface area contributed by atoms with Crippen molar-refractivity contribution in [2.45, 2.75) is 25.5 Å². The quantitative estimate of drug-likeness (QED) is 0.543. The van der Waals surface area contributed by atoms with Crippen LogP contribution in [0.15, 0.2) is 0 Å². The number of carboxylic acid groups (broad SMARTS) is 1. The van der Waals surface area contributed by atoms with E-state index in [1.165, 1.54) is 6.92 Å². The molecule has 0 spiro atoms. The molecular weight excluding hydrogens is 162 g/mol. The SMILES string of the molecule is CC(=O)OC1CN[C@H](C(=O)O)C1. The Morgan fingerprint density at radius 1 is 1.58 bits per heavy atom. The van der Waals surface area contributed by atoms with E-state index >= 15 is 0 Å². The zero-order valence-corrected chi connectivity index (χ0v) is 6.74. The van der Waals surface area contributed by atoms with Crippen LogP contribution in [0.1, 0.15) is 13.3 Å². The van der Waals surface area contributed by atoms with E-state index in [2.05, 4.69) is 5.32 Å². The first-order valence-electron chi connectivity index (χ1n) is 3.73. The molecule has 0 aromatic rings. The number of hydrogen-bond acceptors (Lipinski definition) is 4. The molecule has 1 saturated heterocycles. The molecule has 1 fully saturated rings. The van der Waals surface area contributed by atoms with Gasteiger partial charge in [0.1, 0.15) is 12.1 Å². The molecule has 0 saturated carbocycles. The maximum atomic E-state index is 10.5. The number of aliphatic carboxylic acids is 1. The lowest BCUT2D eigenvalue weighted by molar-refractivity contribution is -0.146. The van der Waals surface area contributed by atoms with Gasteiger partial charge in [0.25, 0.3) is 0 Å². The molecule has 1 aliphatic rings. The van der Waals surface area contributed by atoms with Gasteiger partial charge in [0.15, 0.2) is 0 Å². The van der Waals surface area contributed by atoms with Crippen molar-refractivity contribution in [1.29, 1.82) is 0 Å². The smallest absolute Gasteiger partial charge is 0.320 e. The third kappa shape index (κ3) is 2.20. The van der Waals surface area contributed by atoms with Gasteiger partial charge in [0.2, 0.25) is 0 Å². The van der Waals surface area contributed by atoms with Crippen molar-refractivity contribution in [3.63, 3.8) is 0 Å². The summed E-state index contributed by atoms with van der Waals surface area (Å²) in [6.45, 7) is 1.74. The van der Waals surface area contributed by atoms with Crippen molar-refractivity contribution in [3.8, 4) is 0 Å². The highest BCUT2D eigenvalue weighted by Crippen LogP contribution is 2.10. The first kappa shape index (κ1) is 8.99. The number of carbonyl (C=O) groups excluding carboxylic acids is 1. The van der Waals surface area contributed by atoms with Crippen molar-refractivity contribution < 1.29 is 19.4 Å². The monoisotopic (exact) mass is 173 g/mol. The van der Waals surface area contributed by atoms with Crippen molar-refractivity contribution in [3.05, 3.63) is 0 Å². The molecular formula is C7H11NO4. The molecule has 0 bridgehead atoms. The molecule has 1 heterocycles. The summed E-state index contributed by atoms with van der Waals surface area (Å²) in [6.07, 6.45) is 0.0677. The van der Waals surface area contributed by atoms with Crippen molar-refractivity contribution in [2.75, 3.05) is 6.54 Å². The lowest BCUT2D eigenvalue weighted by Gasteiger charge is -2.07. The van der Waals surface area contributed by atoms with E-state index in [1.807, 2.05) is 0 Å². The van der Waals surface area contributed by atoms with Crippen LogP contribution < -0.4 is 5.32 Å². The third-order valence-corrected chi connectivity index (χ3v) is 1.72. The minimum absolute atomic E-state index is 0.288. The average Bonchev–Trinajstić information content (AvgIpc) is 2.34. The van der Waals surface area contributed by atoms with E-state index in [1.54, 1.807) is 0 Å². The zero-order chi connectivity index (χ0) is 9.14. The number of carboxylic acids is 1. The van der Waals surface area contributed by atoms with Crippen LogP contribution in [-0.4, -0.2) is 35.7 Å². The number of esters is 1. The van der Waals surface area contributed by atoms with Gasteiger partial charge in [-0.1, -0.05) is 0 Å². The number of hydrogen-bond donors (Lipinski definition) is 2. The Kier molecular flexibility index (Phi) is 2.65. The highest BCUT2D eigenvalue weighted by Gasteiger charge is 2.30. The third-order valence-electron chi connectivity index (χ3n) is 1.72. The summed E-state index contributed by atoms with van der Waals surface area (Å²) in [6, 6.07) is -0.575. The first-order valence-corrected chi connectivity index (χ1v) is 3.73. The molecule has 2 atom stereocenters.